The summed E-state index contributed by atoms with van der Waals surface area (Å²) in [5, 5.41) is 10.3. The number of aromatic hydroxyl groups is 1. The molecule has 2 aromatic carbocycles. The van der Waals surface area contributed by atoms with Crippen LogP contribution in [0.4, 0.5) is 15.8 Å². The van der Waals surface area contributed by atoms with Gasteiger partial charge in [-0.1, -0.05) is 26.7 Å². The topological polar surface area (TPSA) is 57.6 Å². The number of hydrogen-bond acceptors (Lipinski definition) is 5. The number of rotatable bonds is 5. The molecule has 1 aliphatic rings. The number of halogens is 1. The van der Waals surface area contributed by atoms with Gasteiger partial charge in [0, 0.05) is 18.3 Å². The van der Waals surface area contributed by atoms with E-state index in [0.717, 1.165) is 24.9 Å². The smallest absolute Gasteiger partial charge is 0.181 e. The molecule has 0 fully saturated rings. The van der Waals surface area contributed by atoms with Gasteiger partial charge in [0.05, 0.1) is 21.2 Å². The van der Waals surface area contributed by atoms with Crippen molar-refractivity contribution in [2.75, 3.05) is 23.5 Å². The highest BCUT2D eigenvalue weighted by Gasteiger charge is 2.39. The highest BCUT2D eigenvalue weighted by atomic mass is 32.2. The summed E-state index contributed by atoms with van der Waals surface area (Å²) in [6.07, 6.45) is 4.52. The number of fused-ring (bicyclic) bond motifs is 1. The first-order chi connectivity index (χ1) is 13.2. The van der Waals surface area contributed by atoms with E-state index in [4.69, 9.17) is 0 Å². The SMILES string of the molecule is CCCC[C@@]1(C)CN(c2ccc(F)cc2)c2cc(SC)c(O)cc2S(=O)(=O)C1. The van der Waals surface area contributed by atoms with Crippen molar-refractivity contribution in [3.05, 3.63) is 42.2 Å². The zero-order valence-electron chi connectivity index (χ0n) is 16.4. The van der Waals surface area contributed by atoms with Crippen molar-refractivity contribution in [1.29, 1.82) is 0 Å². The minimum absolute atomic E-state index is 0.0166. The van der Waals surface area contributed by atoms with Crippen LogP contribution < -0.4 is 4.90 Å². The Labute approximate surface area is 170 Å². The highest BCUT2D eigenvalue weighted by Crippen LogP contribution is 2.45. The average molecular weight is 424 g/mol. The molecule has 0 aliphatic carbocycles. The maximum Gasteiger partial charge on any atom is 0.181 e. The first-order valence-electron chi connectivity index (χ1n) is 9.36. The highest BCUT2D eigenvalue weighted by molar-refractivity contribution is 7.98. The van der Waals surface area contributed by atoms with Crippen molar-refractivity contribution in [1.82, 2.24) is 0 Å². The fourth-order valence-electron chi connectivity index (χ4n) is 3.82. The molecule has 0 saturated carbocycles. The molecule has 1 aliphatic heterocycles. The van der Waals surface area contributed by atoms with Gasteiger partial charge in [0.2, 0.25) is 0 Å². The Balaban J connectivity index is 2.23. The summed E-state index contributed by atoms with van der Waals surface area (Å²) in [5.41, 5.74) is 0.811. The third-order valence-corrected chi connectivity index (χ3v) is 8.08. The monoisotopic (exact) mass is 423 g/mol. The first kappa shape index (κ1) is 21.0. The van der Waals surface area contributed by atoms with E-state index in [9.17, 15) is 17.9 Å². The standard InChI is InChI=1S/C21H26FNO3S2/c1-4-5-10-21(2)13-23(16-8-6-15(22)7-9-16)17-11-19(27-3)18(24)12-20(17)28(25,26)14-21/h6-9,11-12,24H,4-5,10,13-14H2,1-3H3/t21-/m0/s1. The van der Waals surface area contributed by atoms with Crippen molar-refractivity contribution in [2.24, 2.45) is 5.41 Å². The van der Waals surface area contributed by atoms with Crippen LogP contribution in [0.25, 0.3) is 0 Å². The Morgan fingerprint density at radius 2 is 1.93 bits per heavy atom. The molecule has 4 nitrogen and oxygen atoms in total. The number of sulfone groups is 1. The molecule has 0 saturated heterocycles. The van der Waals surface area contributed by atoms with Crippen molar-refractivity contribution in [3.63, 3.8) is 0 Å². The molecule has 7 heteroatoms. The van der Waals surface area contributed by atoms with E-state index in [1.54, 1.807) is 18.2 Å². The summed E-state index contributed by atoms with van der Waals surface area (Å²) in [6, 6.07) is 9.19. The normalized spacial score (nSPS) is 21.2. The molecule has 28 heavy (non-hydrogen) atoms. The number of benzene rings is 2. The van der Waals surface area contributed by atoms with Crippen LogP contribution >= 0.6 is 11.8 Å². The van der Waals surface area contributed by atoms with Crippen LogP contribution in [0, 0.1) is 11.2 Å². The predicted octanol–water partition coefficient (Wildman–Crippen LogP) is 5.38. The van der Waals surface area contributed by atoms with Gasteiger partial charge < -0.3 is 10.0 Å². The van der Waals surface area contributed by atoms with Gasteiger partial charge in [-0.25, -0.2) is 12.8 Å². The summed E-state index contributed by atoms with van der Waals surface area (Å²) in [7, 11) is -3.60. The third kappa shape index (κ3) is 4.15. The Bertz CT molecular complexity index is 960. The number of phenols is 1. The largest absolute Gasteiger partial charge is 0.507 e. The lowest BCUT2D eigenvalue weighted by Crippen LogP contribution is -2.35. The third-order valence-electron chi connectivity index (χ3n) is 5.24. The lowest BCUT2D eigenvalue weighted by molar-refractivity contribution is 0.338. The van der Waals surface area contributed by atoms with Crippen molar-refractivity contribution in [2.45, 2.75) is 42.9 Å². The molecule has 1 N–H and O–H groups in total. The van der Waals surface area contributed by atoms with Gasteiger partial charge in [-0.05, 0) is 48.4 Å². The summed E-state index contributed by atoms with van der Waals surface area (Å²) in [6.45, 7) is 4.59. The van der Waals surface area contributed by atoms with Gasteiger partial charge >= 0.3 is 0 Å². The van der Waals surface area contributed by atoms with Crippen LogP contribution in [-0.4, -0.2) is 32.1 Å². The molecular weight excluding hydrogens is 397 g/mol. The molecule has 152 valence electrons. The fraction of sp³-hybridized carbons (Fsp3) is 0.429. The first-order valence-corrected chi connectivity index (χ1v) is 12.2. The van der Waals surface area contributed by atoms with Crippen molar-refractivity contribution < 1.29 is 17.9 Å². The van der Waals surface area contributed by atoms with E-state index in [1.807, 2.05) is 18.1 Å². The Morgan fingerprint density at radius 1 is 1.25 bits per heavy atom. The van der Waals surface area contributed by atoms with Crippen molar-refractivity contribution in [3.8, 4) is 5.75 Å². The lowest BCUT2D eigenvalue weighted by atomic mass is 9.86. The van der Waals surface area contributed by atoms with Crippen molar-refractivity contribution >= 4 is 33.0 Å². The Kier molecular flexibility index (Phi) is 5.96. The quantitative estimate of drug-likeness (QED) is 0.655. The molecule has 0 bridgehead atoms. The number of unbranched alkanes of at least 4 members (excludes halogenated alkanes) is 1. The molecule has 2 aromatic rings. The summed E-state index contributed by atoms with van der Waals surface area (Å²) in [4.78, 5) is 2.69. The van der Waals surface area contributed by atoms with Gasteiger partial charge in [0.1, 0.15) is 11.6 Å². The predicted molar refractivity (Wildman–Crippen MR) is 113 cm³/mol. The number of phenolic OH excluding ortho intramolecular Hbond substituents is 1. The molecule has 0 amide bonds. The van der Waals surface area contributed by atoms with Crippen LogP contribution in [-0.2, 0) is 9.84 Å². The van der Waals surface area contributed by atoms with Crippen LogP contribution in [0.1, 0.15) is 33.1 Å². The van der Waals surface area contributed by atoms with Crippen LogP contribution in [0.5, 0.6) is 5.75 Å². The molecule has 0 aromatic heterocycles. The minimum Gasteiger partial charge on any atom is -0.507 e. The lowest BCUT2D eigenvalue weighted by Gasteiger charge is -2.34. The van der Waals surface area contributed by atoms with E-state index >= 15 is 0 Å². The van der Waals surface area contributed by atoms with E-state index in [1.165, 1.54) is 30.0 Å². The van der Waals surface area contributed by atoms with Crippen LogP contribution in [0.2, 0.25) is 0 Å². The van der Waals surface area contributed by atoms with Gasteiger partial charge in [-0.15, -0.1) is 11.8 Å². The van der Waals surface area contributed by atoms with Crippen LogP contribution in [0.15, 0.2) is 46.2 Å². The molecule has 1 heterocycles. The van der Waals surface area contributed by atoms with E-state index in [-0.39, 0.29) is 22.2 Å². The van der Waals surface area contributed by atoms with Gasteiger partial charge in [0.15, 0.2) is 9.84 Å². The zero-order valence-corrected chi connectivity index (χ0v) is 18.0. The minimum atomic E-state index is -3.60. The zero-order chi connectivity index (χ0) is 20.5. The molecule has 0 unspecified atom stereocenters. The summed E-state index contributed by atoms with van der Waals surface area (Å²) < 4.78 is 40.0. The van der Waals surface area contributed by atoms with E-state index < -0.39 is 15.3 Å². The second-order valence-corrected chi connectivity index (χ2v) is 10.5. The van der Waals surface area contributed by atoms with Gasteiger partial charge in [-0.3, -0.25) is 0 Å². The maximum absolute atomic E-state index is 13.5. The van der Waals surface area contributed by atoms with Gasteiger partial charge in [0.25, 0.3) is 0 Å². The second-order valence-electron chi connectivity index (χ2n) is 7.73. The number of anilines is 2. The summed E-state index contributed by atoms with van der Waals surface area (Å²) in [5.74, 6) is -0.357. The molecular formula is C21H26FNO3S2. The van der Waals surface area contributed by atoms with Gasteiger partial charge in [-0.2, -0.15) is 0 Å². The van der Waals surface area contributed by atoms with E-state index in [0.29, 0.717) is 17.1 Å². The molecule has 0 radical (unpaired) electrons. The van der Waals surface area contributed by atoms with Crippen LogP contribution in [0.3, 0.4) is 0 Å². The molecule has 1 atom stereocenters. The maximum atomic E-state index is 13.5. The fourth-order valence-corrected chi connectivity index (χ4v) is 6.40. The summed E-state index contributed by atoms with van der Waals surface area (Å²) >= 11 is 1.36. The Morgan fingerprint density at radius 3 is 2.54 bits per heavy atom. The number of nitrogens with zero attached hydrogens (tertiary/aromatic N) is 1. The molecule has 3 rings (SSSR count). The molecule has 0 spiro atoms. The average Bonchev–Trinajstić information content (AvgIpc) is 2.73. The Hall–Kier alpha value is -1.73. The number of hydrogen-bond donors (Lipinski definition) is 1. The second kappa shape index (κ2) is 7.95. The number of thioether (sulfide) groups is 1. The van der Waals surface area contributed by atoms with E-state index in [2.05, 4.69) is 6.92 Å².